The summed E-state index contributed by atoms with van der Waals surface area (Å²) in [6, 6.07) is 5.99. The van der Waals surface area contributed by atoms with E-state index in [1.807, 2.05) is 26.0 Å². The molecule has 106 valence electrons. The van der Waals surface area contributed by atoms with Gasteiger partial charge >= 0.3 is 0 Å². The van der Waals surface area contributed by atoms with Crippen LogP contribution < -0.4 is 0 Å². The molecular weight excluding hydrogens is 282 g/mol. The third-order valence-corrected chi connectivity index (χ3v) is 6.42. The SMILES string of the molecule is Cc1cc(CN2CCC(C)S(=O)(=O)CC2)ccc1Cl. The van der Waals surface area contributed by atoms with Crippen LogP contribution in [0.25, 0.3) is 0 Å². The first-order chi connectivity index (χ1) is 8.88. The van der Waals surface area contributed by atoms with Gasteiger partial charge in [-0.25, -0.2) is 8.42 Å². The van der Waals surface area contributed by atoms with Gasteiger partial charge < -0.3 is 0 Å². The highest BCUT2D eigenvalue weighted by molar-refractivity contribution is 7.92. The first-order valence-electron chi connectivity index (χ1n) is 6.57. The maximum Gasteiger partial charge on any atom is 0.154 e. The molecule has 0 bridgehead atoms. The Morgan fingerprint density at radius 2 is 2.11 bits per heavy atom. The second-order valence-corrected chi connectivity index (χ2v) is 8.27. The van der Waals surface area contributed by atoms with E-state index < -0.39 is 9.84 Å². The Hall–Kier alpha value is -0.580. The van der Waals surface area contributed by atoms with Crippen LogP contribution in [0.1, 0.15) is 24.5 Å². The van der Waals surface area contributed by atoms with Crippen LogP contribution in [0.2, 0.25) is 5.02 Å². The van der Waals surface area contributed by atoms with Crippen LogP contribution in [0.4, 0.5) is 0 Å². The van der Waals surface area contributed by atoms with Gasteiger partial charge in [-0.2, -0.15) is 0 Å². The van der Waals surface area contributed by atoms with E-state index in [0.717, 1.165) is 30.1 Å². The first-order valence-corrected chi connectivity index (χ1v) is 8.67. The minimum Gasteiger partial charge on any atom is -0.298 e. The van der Waals surface area contributed by atoms with Crippen molar-refractivity contribution in [3.05, 3.63) is 34.3 Å². The molecule has 19 heavy (non-hydrogen) atoms. The van der Waals surface area contributed by atoms with E-state index >= 15 is 0 Å². The Bertz CT molecular complexity index is 557. The lowest BCUT2D eigenvalue weighted by Gasteiger charge is -2.19. The zero-order chi connectivity index (χ0) is 14.0. The molecule has 0 saturated carbocycles. The summed E-state index contributed by atoms with van der Waals surface area (Å²) < 4.78 is 23.7. The fourth-order valence-corrected chi connectivity index (χ4v) is 3.83. The molecule has 1 aromatic carbocycles. The molecule has 0 amide bonds. The summed E-state index contributed by atoms with van der Waals surface area (Å²) >= 11 is 6.01. The summed E-state index contributed by atoms with van der Waals surface area (Å²) in [5, 5.41) is 0.556. The molecule has 3 nitrogen and oxygen atoms in total. The average Bonchev–Trinajstić information content (AvgIpc) is 2.47. The lowest BCUT2D eigenvalue weighted by Crippen LogP contribution is -2.26. The molecule has 1 aliphatic rings. The van der Waals surface area contributed by atoms with Crippen molar-refractivity contribution in [1.82, 2.24) is 4.90 Å². The molecule has 2 rings (SSSR count). The van der Waals surface area contributed by atoms with E-state index in [1.54, 1.807) is 0 Å². The van der Waals surface area contributed by atoms with Gasteiger partial charge in [-0.15, -0.1) is 0 Å². The zero-order valence-electron chi connectivity index (χ0n) is 11.4. The molecule has 0 aliphatic carbocycles. The third-order valence-electron chi connectivity index (χ3n) is 3.79. The van der Waals surface area contributed by atoms with E-state index in [1.165, 1.54) is 5.56 Å². The minimum absolute atomic E-state index is 0.218. The van der Waals surface area contributed by atoms with Crippen LogP contribution in [-0.4, -0.2) is 37.4 Å². The number of halogens is 1. The average molecular weight is 302 g/mol. The monoisotopic (exact) mass is 301 g/mol. The number of aryl methyl sites for hydroxylation is 1. The number of hydrogen-bond donors (Lipinski definition) is 0. The van der Waals surface area contributed by atoms with Gasteiger partial charge in [0.2, 0.25) is 0 Å². The summed E-state index contributed by atoms with van der Waals surface area (Å²) in [6.07, 6.45) is 0.717. The highest BCUT2D eigenvalue weighted by Crippen LogP contribution is 2.19. The van der Waals surface area contributed by atoms with Crippen molar-refractivity contribution in [2.75, 3.05) is 18.8 Å². The summed E-state index contributed by atoms with van der Waals surface area (Å²) in [4.78, 5) is 2.21. The highest BCUT2D eigenvalue weighted by atomic mass is 35.5. The largest absolute Gasteiger partial charge is 0.298 e. The van der Waals surface area contributed by atoms with Gasteiger partial charge in [0.1, 0.15) is 0 Å². The molecule has 0 radical (unpaired) electrons. The van der Waals surface area contributed by atoms with Gasteiger partial charge in [0.05, 0.1) is 11.0 Å². The molecule has 1 aliphatic heterocycles. The zero-order valence-corrected chi connectivity index (χ0v) is 13.0. The summed E-state index contributed by atoms with van der Waals surface area (Å²) in [7, 11) is -2.90. The molecule has 1 aromatic rings. The van der Waals surface area contributed by atoms with Crippen molar-refractivity contribution in [1.29, 1.82) is 0 Å². The first kappa shape index (κ1) is 14.8. The molecule has 1 atom stereocenters. The predicted molar refractivity (Wildman–Crippen MR) is 79.3 cm³/mol. The summed E-state index contributed by atoms with van der Waals surface area (Å²) in [5.41, 5.74) is 2.25. The Balaban J connectivity index is 2.05. The molecule has 1 heterocycles. The topological polar surface area (TPSA) is 37.4 Å². The normalized spacial score (nSPS) is 24.1. The Morgan fingerprint density at radius 3 is 2.79 bits per heavy atom. The maximum absolute atomic E-state index is 11.9. The molecule has 0 spiro atoms. The number of rotatable bonds is 2. The van der Waals surface area contributed by atoms with Crippen LogP contribution in [-0.2, 0) is 16.4 Å². The molecule has 1 fully saturated rings. The number of hydrogen-bond acceptors (Lipinski definition) is 3. The van der Waals surface area contributed by atoms with E-state index in [9.17, 15) is 8.42 Å². The van der Waals surface area contributed by atoms with Crippen molar-refractivity contribution in [3.8, 4) is 0 Å². The van der Waals surface area contributed by atoms with Crippen LogP contribution in [0.5, 0.6) is 0 Å². The van der Waals surface area contributed by atoms with Gasteiger partial charge in [0.15, 0.2) is 9.84 Å². The molecule has 1 saturated heterocycles. The highest BCUT2D eigenvalue weighted by Gasteiger charge is 2.26. The van der Waals surface area contributed by atoms with Crippen LogP contribution >= 0.6 is 11.6 Å². The maximum atomic E-state index is 11.9. The smallest absolute Gasteiger partial charge is 0.154 e. The minimum atomic E-state index is -2.90. The van der Waals surface area contributed by atoms with Crippen LogP contribution in [0, 0.1) is 6.92 Å². The summed E-state index contributed by atoms with van der Waals surface area (Å²) in [5.74, 6) is 0.265. The number of benzene rings is 1. The van der Waals surface area contributed by atoms with E-state index in [-0.39, 0.29) is 11.0 Å². The van der Waals surface area contributed by atoms with Crippen molar-refractivity contribution >= 4 is 21.4 Å². The Labute approximate surface area is 120 Å². The second-order valence-electron chi connectivity index (χ2n) is 5.33. The summed E-state index contributed by atoms with van der Waals surface area (Å²) in [6.45, 7) is 6.04. The van der Waals surface area contributed by atoms with Gasteiger partial charge in [-0.3, -0.25) is 4.90 Å². The van der Waals surface area contributed by atoms with Crippen molar-refractivity contribution < 1.29 is 8.42 Å². The van der Waals surface area contributed by atoms with Gasteiger partial charge in [-0.05, 0) is 44.0 Å². The van der Waals surface area contributed by atoms with E-state index in [2.05, 4.69) is 11.0 Å². The molecule has 5 heteroatoms. The number of nitrogens with zero attached hydrogens (tertiary/aromatic N) is 1. The van der Waals surface area contributed by atoms with Crippen LogP contribution in [0.3, 0.4) is 0 Å². The Kier molecular flexibility index (Phi) is 4.54. The van der Waals surface area contributed by atoms with Gasteiger partial charge in [0.25, 0.3) is 0 Å². The quantitative estimate of drug-likeness (QED) is 0.843. The second kappa shape index (κ2) is 5.81. The molecule has 0 N–H and O–H groups in total. The lowest BCUT2D eigenvalue weighted by atomic mass is 10.1. The van der Waals surface area contributed by atoms with E-state index in [4.69, 9.17) is 11.6 Å². The van der Waals surface area contributed by atoms with Crippen molar-refractivity contribution in [2.45, 2.75) is 32.1 Å². The lowest BCUT2D eigenvalue weighted by molar-refractivity contribution is 0.283. The third kappa shape index (κ3) is 3.71. The van der Waals surface area contributed by atoms with Crippen molar-refractivity contribution in [2.24, 2.45) is 0 Å². The van der Waals surface area contributed by atoms with Crippen LogP contribution in [0.15, 0.2) is 18.2 Å². The molecule has 1 unspecified atom stereocenters. The predicted octanol–water partition coefficient (Wildman–Crippen LogP) is 2.66. The molecule has 0 aromatic heterocycles. The Morgan fingerprint density at radius 1 is 1.37 bits per heavy atom. The van der Waals surface area contributed by atoms with Gasteiger partial charge in [0, 0.05) is 18.1 Å². The standard InChI is InChI=1S/C14H20ClNO2S/c1-11-9-13(3-4-14(11)15)10-16-6-5-12(2)19(17,18)8-7-16/h3-4,9,12H,5-8,10H2,1-2H3. The fraction of sp³-hybridized carbons (Fsp3) is 0.571. The van der Waals surface area contributed by atoms with Crippen molar-refractivity contribution in [3.63, 3.8) is 0 Å². The fourth-order valence-electron chi connectivity index (χ4n) is 2.33. The number of sulfone groups is 1. The van der Waals surface area contributed by atoms with Gasteiger partial charge in [-0.1, -0.05) is 23.7 Å². The molecular formula is C14H20ClNO2S. The van der Waals surface area contributed by atoms with E-state index in [0.29, 0.717) is 6.54 Å².